The van der Waals surface area contributed by atoms with Crippen LogP contribution >= 0.6 is 0 Å². The first kappa shape index (κ1) is 13.7. The fourth-order valence-electron chi connectivity index (χ4n) is 0.790. The molecule has 0 aliphatic rings. The number of carbonyl (C=O) groups is 1. The molecule has 0 spiro atoms. The van der Waals surface area contributed by atoms with E-state index in [1.54, 1.807) is 18.3 Å². The first-order valence-corrected chi connectivity index (χ1v) is 4.37. The summed E-state index contributed by atoms with van der Waals surface area (Å²) in [7, 11) is 0. The minimum Gasteiger partial charge on any atom is -0.455 e. The van der Waals surface area contributed by atoms with Gasteiger partial charge in [0.15, 0.2) is 0 Å². The molecule has 5 nitrogen and oxygen atoms in total. The Balaban J connectivity index is 0.000000583. The summed E-state index contributed by atoms with van der Waals surface area (Å²) in [5.74, 6) is -0.312. The van der Waals surface area contributed by atoms with Crippen molar-refractivity contribution < 1.29 is 19.6 Å². The summed E-state index contributed by atoms with van der Waals surface area (Å²) in [5, 5.41) is 14.0. The maximum atomic E-state index is 11.3. The predicted octanol–water partition coefficient (Wildman–Crippen LogP) is 0.475. The van der Waals surface area contributed by atoms with Gasteiger partial charge in [-0.1, -0.05) is 0 Å². The minimum absolute atomic E-state index is 0. The number of hydrogen-bond donors (Lipinski definition) is 3. The van der Waals surface area contributed by atoms with Crippen LogP contribution in [0, 0.1) is 0 Å². The highest BCUT2D eigenvalue weighted by atomic mass is 16.6. The van der Waals surface area contributed by atoms with Gasteiger partial charge in [-0.25, -0.2) is 4.79 Å². The Hall–Kier alpha value is -1.27. The van der Waals surface area contributed by atoms with Crippen LogP contribution in [0.3, 0.4) is 0 Å². The summed E-state index contributed by atoms with van der Waals surface area (Å²) in [6.45, 7) is 5.52. The monoisotopic (exact) mass is 212 g/mol. The van der Waals surface area contributed by atoms with Gasteiger partial charge in [0, 0.05) is 6.20 Å². The zero-order valence-electron chi connectivity index (χ0n) is 9.02. The van der Waals surface area contributed by atoms with Gasteiger partial charge in [0.2, 0.25) is 0 Å². The Kier molecular flexibility index (Phi) is 5.73. The van der Waals surface area contributed by atoms with Gasteiger partial charge in [-0.15, -0.1) is 0 Å². The zero-order valence-corrected chi connectivity index (χ0v) is 9.02. The average molecular weight is 212 g/mol. The first-order chi connectivity index (χ1) is 6.90. The largest absolute Gasteiger partial charge is 0.482 e. The van der Waals surface area contributed by atoms with Gasteiger partial charge in [-0.2, -0.15) is 0 Å². The fraction of sp³-hybridized carbons (Fsp3) is 0.444. The lowest BCUT2D eigenvalue weighted by atomic mass is 10.2. The molecule has 0 atom stereocenters. The van der Waals surface area contributed by atoms with Crippen LogP contribution in [0.2, 0.25) is 0 Å². The van der Waals surface area contributed by atoms with Crippen LogP contribution in [0.4, 0.5) is 0 Å². The Morgan fingerprint density at radius 1 is 1.47 bits per heavy atom. The molecule has 0 aromatic carbocycles. The second-order valence-corrected chi connectivity index (χ2v) is 3.70. The maximum Gasteiger partial charge on any atom is 0.482 e. The van der Waals surface area contributed by atoms with Crippen LogP contribution in [0.25, 0.3) is 0 Å². The molecule has 0 unspecified atom stereocenters. The summed E-state index contributed by atoms with van der Waals surface area (Å²) >= 11 is 0. The maximum absolute atomic E-state index is 11.3. The topological polar surface area (TPSA) is 82.6 Å². The van der Waals surface area contributed by atoms with E-state index in [4.69, 9.17) is 14.8 Å². The number of ether oxygens (including phenoxy) is 1. The lowest BCUT2D eigenvalue weighted by Crippen LogP contribution is -2.23. The molecule has 1 aromatic rings. The van der Waals surface area contributed by atoms with E-state index in [2.05, 4.69) is 4.98 Å². The number of rotatable bonds is 1. The molecule has 0 aliphatic carbocycles. The van der Waals surface area contributed by atoms with Crippen LogP contribution < -0.4 is 0 Å². The third-order valence-electron chi connectivity index (χ3n) is 1.22. The highest BCUT2D eigenvalue weighted by molar-refractivity contribution is 6.13. The molecule has 1 radical (unpaired) electrons. The number of aromatic nitrogens is 1. The standard InChI is InChI=1S/C9H13NO2.BH2O2/c1-9(2,3)12-8(11)7-5-4-6-10-7;2-1-3/h4-6,10H,1-3H3;2-3H. The normalized spacial score (nSPS) is 9.93. The highest BCUT2D eigenvalue weighted by Gasteiger charge is 2.17. The second-order valence-electron chi connectivity index (χ2n) is 3.70. The third-order valence-corrected chi connectivity index (χ3v) is 1.22. The van der Waals surface area contributed by atoms with Crippen LogP contribution in [-0.2, 0) is 4.74 Å². The summed E-state index contributed by atoms with van der Waals surface area (Å²) < 4.78 is 5.11. The molecular weight excluding hydrogens is 197 g/mol. The first-order valence-electron chi connectivity index (χ1n) is 4.37. The number of nitrogens with one attached hydrogen (secondary N) is 1. The molecule has 0 bridgehead atoms. The molecule has 3 N–H and O–H groups in total. The van der Waals surface area contributed by atoms with E-state index >= 15 is 0 Å². The summed E-state index contributed by atoms with van der Waals surface area (Å²) in [4.78, 5) is 14.1. The van der Waals surface area contributed by atoms with E-state index in [0.717, 1.165) is 0 Å². The van der Waals surface area contributed by atoms with Crippen molar-refractivity contribution in [2.45, 2.75) is 26.4 Å². The summed E-state index contributed by atoms with van der Waals surface area (Å²) in [5.41, 5.74) is 0.0623. The van der Waals surface area contributed by atoms with Crippen LogP contribution in [0.15, 0.2) is 18.3 Å². The molecular formula is C9H15BNO4. The van der Waals surface area contributed by atoms with Crippen LogP contribution in [0.5, 0.6) is 0 Å². The Morgan fingerprint density at radius 3 is 2.33 bits per heavy atom. The molecule has 1 aromatic heterocycles. The molecule has 1 rings (SSSR count). The van der Waals surface area contributed by atoms with Crippen LogP contribution in [-0.4, -0.2) is 34.3 Å². The number of hydrogen-bond acceptors (Lipinski definition) is 4. The van der Waals surface area contributed by atoms with Crippen molar-refractivity contribution in [3.05, 3.63) is 24.0 Å². The van der Waals surface area contributed by atoms with Crippen molar-refractivity contribution in [1.82, 2.24) is 4.98 Å². The summed E-state index contributed by atoms with van der Waals surface area (Å²) in [6.07, 6.45) is 1.69. The molecule has 15 heavy (non-hydrogen) atoms. The van der Waals surface area contributed by atoms with Gasteiger partial charge >= 0.3 is 13.7 Å². The minimum atomic E-state index is -0.428. The van der Waals surface area contributed by atoms with Crippen molar-refractivity contribution >= 4 is 13.7 Å². The number of carbonyl (C=O) groups excluding carboxylic acids is 1. The molecule has 0 amide bonds. The van der Waals surface area contributed by atoms with Crippen molar-refractivity contribution in [2.24, 2.45) is 0 Å². The van der Waals surface area contributed by atoms with Crippen molar-refractivity contribution in [3.63, 3.8) is 0 Å². The van der Waals surface area contributed by atoms with E-state index in [9.17, 15) is 4.79 Å². The Labute approximate surface area is 89.4 Å². The highest BCUT2D eigenvalue weighted by Crippen LogP contribution is 2.10. The van der Waals surface area contributed by atoms with Crippen LogP contribution in [0.1, 0.15) is 31.3 Å². The van der Waals surface area contributed by atoms with Gasteiger partial charge in [0.05, 0.1) is 0 Å². The van der Waals surface area contributed by atoms with E-state index in [1.807, 2.05) is 20.8 Å². The lowest BCUT2D eigenvalue weighted by molar-refractivity contribution is 0.00636. The molecule has 0 saturated heterocycles. The molecule has 0 saturated carbocycles. The number of H-pyrrole nitrogens is 1. The second kappa shape index (κ2) is 6.26. The Morgan fingerprint density at radius 2 is 2.00 bits per heavy atom. The summed E-state index contributed by atoms with van der Waals surface area (Å²) in [6, 6.07) is 3.45. The smallest absolute Gasteiger partial charge is 0.455 e. The fourth-order valence-corrected chi connectivity index (χ4v) is 0.790. The quantitative estimate of drug-likeness (QED) is 0.466. The zero-order chi connectivity index (χ0) is 11.9. The Bertz CT molecular complexity index is 279. The third kappa shape index (κ3) is 6.76. The molecule has 0 fully saturated rings. The van der Waals surface area contributed by atoms with Gasteiger partial charge in [-0.05, 0) is 32.9 Å². The number of aromatic amines is 1. The number of esters is 1. The van der Waals surface area contributed by atoms with E-state index in [-0.39, 0.29) is 13.7 Å². The molecule has 83 valence electrons. The van der Waals surface area contributed by atoms with Gasteiger partial charge in [-0.3, -0.25) is 0 Å². The predicted molar refractivity (Wildman–Crippen MR) is 56.2 cm³/mol. The van der Waals surface area contributed by atoms with E-state index < -0.39 is 5.60 Å². The SMILES string of the molecule is CC(C)(C)OC(=O)c1ccc[nH]1.O[B]O. The molecule has 1 heterocycles. The van der Waals surface area contributed by atoms with Crippen molar-refractivity contribution in [2.75, 3.05) is 0 Å². The van der Waals surface area contributed by atoms with Crippen molar-refractivity contribution in [1.29, 1.82) is 0 Å². The molecule has 6 heteroatoms. The van der Waals surface area contributed by atoms with E-state index in [1.165, 1.54) is 0 Å². The van der Waals surface area contributed by atoms with Gasteiger partial charge in [0.25, 0.3) is 0 Å². The van der Waals surface area contributed by atoms with Crippen molar-refractivity contribution in [3.8, 4) is 0 Å². The van der Waals surface area contributed by atoms with Gasteiger partial charge < -0.3 is 19.8 Å². The molecule has 0 aliphatic heterocycles. The average Bonchev–Trinajstić information content (AvgIpc) is 2.53. The van der Waals surface area contributed by atoms with E-state index in [0.29, 0.717) is 5.69 Å². The lowest BCUT2D eigenvalue weighted by Gasteiger charge is -2.18. The van der Waals surface area contributed by atoms with Gasteiger partial charge in [0.1, 0.15) is 11.3 Å².